The van der Waals surface area contributed by atoms with E-state index in [2.05, 4.69) is 0 Å². The molecule has 1 unspecified atom stereocenters. The highest BCUT2D eigenvalue weighted by atomic mass is 35.5. The summed E-state index contributed by atoms with van der Waals surface area (Å²) < 4.78 is 18.8. The highest BCUT2D eigenvalue weighted by Gasteiger charge is 2.42. The second-order valence-corrected chi connectivity index (χ2v) is 6.39. The number of ether oxygens (including phenoxy) is 1. The third kappa shape index (κ3) is 2.70. The van der Waals surface area contributed by atoms with Gasteiger partial charge in [0.25, 0.3) is 0 Å². The largest absolute Gasteiger partial charge is 0.456 e. The summed E-state index contributed by atoms with van der Waals surface area (Å²) in [7, 11) is 0. The number of hydrogen-bond donors (Lipinski definition) is 0. The first-order valence-corrected chi connectivity index (χ1v) is 8.16. The predicted octanol–water partition coefficient (Wildman–Crippen LogP) is 3.81. The zero-order valence-corrected chi connectivity index (χ0v) is 13.8. The van der Waals surface area contributed by atoms with Gasteiger partial charge in [0.2, 0.25) is 5.91 Å². The Labute approximate surface area is 148 Å². The third-order valence-electron chi connectivity index (χ3n) is 4.46. The molecule has 1 amide bonds. The first kappa shape index (κ1) is 15.8. The van der Waals surface area contributed by atoms with Crippen molar-refractivity contribution in [1.82, 2.24) is 0 Å². The highest BCUT2D eigenvalue weighted by Crippen LogP contribution is 2.42. The molecule has 6 heteroatoms. The Balaban J connectivity index is 1.83. The summed E-state index contributed by atoms with van der Waals surface area (Å²) in [5.74, 6) is -1.48. The maximum absolute atomic E-state index is 13.6. The fraction of sp³-hybridized carbons (Fsp3) is 0.158. The van der Waals surface area contributed by atoms with Crippen LogP contribution in [-0.2, 0) is 14.3 Å². The molecule has 0 fully saturated rings. The summed E-state index contributed by atoms with van der Waals surface area (Å²) >= 11 is 5.92. The lowest BCUT2D eigenvalue weighted by Gasteiger charge is -2.31. The Morgan fingerprint density at radius 3 is 2.60 bits per heavy atom. The van der Waals surface area contributed by atoms with Gasteiger partial charge in [-0.05, 0) is 35.9 Å². The van der Waals surface area contributed by atoms with Crippen LogP contribution in [0.1, 0.15) is 17.9 Å². The molecular weight excluding hydrogens is 345 g/mol. The SMILES string of the molecule is O=C1OCC2=C1C(c1ccc(Cl)cc1)CC(=O)N2c1cccc(F)c1. The molecule has 0 aromatic heterocycles. The van der Waals surface area contributed by atoms with E-state index in [1.807, 2.05) is 0 Å². The number of nitrogens with zero attached hydrogens (tertiary/aromatic N) is 1. The molecule has 2 aliphatic heterocycles. The quantitative estimate of drug-likeness (QED) is 0.768. The number of halogens is 2. The molecule has 25 heavy (non-hydrogen) atoms. The Hall–Kier alpha value is -2.66. The maximum Gasteiger partial charge on any atom is 0.336 e. The van der Waals surface area contributed by atoms with Crippen molar-refractivity contribution in [2.45, 2.75) is 12.3 Å². The van der Waals surface area contributed by atoms with Crippen LogP contribution in [-0.4, -0.2) is 18.5 Å². The number of benzene rings is 2. The van der Waals surface area contributed by atoms with E-state index in [1.54, 1.807) is 30.3 Å². The van der Waals surface area contributed by atoms with Crippen LogP contribution in [0, 0.1) is 5.82 Å². The van der Waals surface area contributed by atoms with Crippen LogP contribution in [0.5, 0.6) is 0 Å². The summed E-state index contributed by atoms with van der Waals surface area (Å²) in [6, 6.07) is 12.8. The lowest BCUT2D eigenvalue weighted by atomic mass is 9.84. The molecule has 2 aromatic rings. The van der Waals surface area contributed by atoms with Gasteiger partial charge in [0.15, 0.2) is 0 Å². The Kier molecular flexibility index (Phi) is 3.81. The van der Waals surface area contributed by atoms with Crippen molar-refractivity contribution in [2.75, 3.05) is 11.5 Å². The molecule has 0 saturated heterocycles. The number of cyclic esters (lactones) is 1. The lowest BCUT2D eigenvalue weighted by molar-refractivity contribution is -0.136. The van der Waals surface area contributed by atoms with E-state index in [-0.39, 0.29) is 24.9 Å². The van der Waals surface area contributed by atoms with Crippen LogP contribution in [0.4, 0.5) is 10.1 Å². The van der Waals surface area contributed by atoms with Crippen molar-refractivity contribution < 1.29 is 18.7 Å². The van der Waals surface area contributed by atoms with Crippen LogP contribution < -0.4 is 4.90 Å². The van der Waals surface area contributed by atoms with Crippen LogP contribution in [0.25, 0.3) is 0 Å². The lowest BCUT2D eigenvalue weighted by Crippen LogP contribution is -2.37. The number of carbonyl (C=O) groups excluding carboxylic acids is 2. The number of amides is 1. The molecular formula is C19H13ClFNO3. The molecule has 2 heterocycles. The molecule has 0 radical (unpaired) electrons. The monoisotopic (exact) mass is 357 g/mol. The van der Waals surface area contributed by atoms with E-state index in [0.717, 1.165) is 5.56 Å². The molecule has 0 aliphatic carbocycles. The maximum atomic E-state index is 13.6. The number of esters is 1. The van der Waals surface area contributed by atoms with Gasteiger partial charge in [-0.15, -0.1) is 0 Å². The summed E-state index contributed by atoms with van der Waals surface area (Å²) in [6.07, 6.45) is 0.103. The summed E-state index contributed by atoms with van der Waals surface area (Å²) in [6.45, 7) is 0.000506. The van der Waals surface area contributed by atoms with Crippen LogP contribution in [0.2, 0.25) is 5.02 Å². The van der Waals surface area contributed by atoms with Crippen molar-refractivity contribution in [3.05, 3.63) is 76.2 Å². The van der Waals surface area contributed by atoms with Crippen molar-refractivity contribution in [3.63, 3.8) is 0 Å². The zero-order valence-electron chi connectivity index (χ0n) is 13.0. The van der Waals surface area contributed by atoms with Crippen molar-refractivity contribution in [2.24, 2.45) is 0 Å². The summed E-state index contributed by atoms with van der Waals surface area (Å²) in [5.41, 5.74) is 2.14. The van der Waals surface area contributed by atoms with Gasteiger partial charge in [0, 0.05) is 17.4 Å². The van der Waals surface area contributed by atoms with E-state index in [9.17, 15) is 14.0 Å². The average molecular weight is 358 g/mol. The molecule has 0 N–H and O–H groups in total. The minimum Gasteiger partial charge on any atom is -0.456 e. The van der Waals surface area contributed by atoms with E-state index in [4.69, 9.17) is 16.3 Å². The number of rotatable bonds is 2. The van der Waals surface area contributed by atoms with Gasteiger partial charge in [-0.1, -0.05) is 29.8 Å². The average Bonchev–Trinajstić information content (AvgIpc) is 2.96. The molecule has 1 atom stereocenters. The van der Waals surface area contributed by atoms with Gasteiger partial charge in [-0.25, -0.2) is 9.18 Å². The Morgan fingerprint density at radius 2 is 1.88 bits per heavy atom. The number of hydrogen-bond acceptors (Lipinski definition) is 3. The van der Waals surface area contributed by atoms with E-state index in [0.29, 0.717) is 22.0 Å². The van der Waals surface area contributed by atoms with Crippen molar-refractivity contribution >= 4 is 29.2 Å². The molecule has 126 valence electrons. The Morgan fingerprint density at radius 1 is 1.12 bits per heavy atom. The minimum atomic E-state index is -0.447. The molecule has 0 saturated carbocycles. The topological polar surface area (TPSA) is 46.6 Å². The van der Waals surface area contributed by atoms with Gasteiger partial charge in [0.05, 0.1) is 17.0 Å². The standard InChI is InChI=1S/C19H13ClFNO3/c20-12-6-4-11(5-7-12)15-9-17(23)22(14-3-1-2-13(21)8-14)16-10-25-19(24)18(15)16/h1-8,15H,9-10H2. The smallest absolute Gasteiger partial charge is 0.336 e. The van der Waals surface area contributed by atoms with Crippen LogP contribution in [0.3, 0.4) is 0 Å². The van der Waals surface area contributed by atoms with Gasteiger partial charge in [-0.2, -0.15) is 0 Å². The molecule has 4 nitrogen and oxygen atoms in total. The first-order valence-electron chi connectivity index (χ1n) is 7.79. The number of anilines is 1. The molecule has 0 bridgehead atoms. The first-order chi connectivity index (χ1) is 12.0. The second kappa shape index (κ2) is 6.01. The third-order valence-corrected chi connectivity index (χ3v) is 4.71. The number of carbonyl (C=O) groups is 2. The van der Waals surface area contributed by atoms with E-state index in [1.165, 1.54) is 23.1 Å². The predicted molar refractivity (Wildman–Crippen MR) is 90.7 cm³/mol. The van der Waals surface area contributed by atoms with Crippen molar-refractivity contribution in [1.29, 1.82) is 0 Å². The summed E-state index contributed by atoms with van der Waals surface area (Å²) in [4.78, 5) is 26.5. The van der Waals surface area contributed by atoms with E-state index < -0.39 is 11.8 Å². The zero-order chi connectivity index (χ0) is 17.6. The second-order valence-electron chi connectivity index (χ2n) is 5.95. The Bertz CT molecular complexity index is 907. The molecule has 2 aliphatic rings. The van der Waals surface area contributed by atoms with Gasteiger partial charge < -0.3 is 4.74 Å². The fourth-order valence-electron chi connectivity index (χ4n) is 3.35. The van der Waals surface area contributed by atoms with Gasteiger partial charge >= 0.3 is 5.97 Å². The molecule has 4 rings (SSSR count). The molecule has 0 spiro atoms. The van der Waals surface area contributed by atoms with Gasteiger partial charge in [-0.3, -0.25) is 9.69 Å². The normalized spacial score (nSPS) is 19.9. The van der Waals surface area contributed by atoms with Gasteiger partial charge in [0.1, 0.15) is 12.4 Å². The fourth-order valence-corrected chi connectivity index (χ4v) is 3.47. The highest BCUT2D eigenvalue weighted by molar-refractivity contribution is 6.30. The van der Waals surface area contributed by atoms with Crippen LogP contribution in [0.15, 0.2) is 59.8 Å². The van der Waals surface area contributed by atoms with Crippen molar-refractivity contribution in [3.8, 4) is 0 Å². The van der Waals surface area contributed by atoms with E-state index >= 15 is 0 Å². The van der Waals surface area contributed by atoms with Crippen LogP contribution >= 0.6 is 11.6 Å². The minimum absolute atomic E-state index is 0.000506. The molecule has 2 aromatic carbocycles. The summed E-state index contributed by atoms with van der Waals surface area (Å²) in [5, 5.41) is 0.579.